The van der Waals surface area contributed by atoms with Gasteiger partial charge >= 0.3 is 5.97 Å². The molecule has 0 aromatic carbocycles. The van der Waals surface area contributed by atoms with E-state index in [1.165, 1.54) is 0 Å². The van der Waals surface area contributed by atoms with Crippen LogP contribution in [0, 0.1) is 0 Å². The fourth-order valence-corrected chi connectivity index (χ4v) is 1.08. The number of hydrogen-bond donors (Lipinski definition) is 1. The molecule has 1 unspecified atom stereocenters. The molecule has 0 radical (unpaired) electrons. The fourth-order valence-electron chi connectivity index (χ4n) is 1.08. The molecule has 0 bridgehead atoms. The molecule has 0 aliphatic heterocycles. The molecule has 5 heteroatoms. The van der Waals surface area contributed by atoms with Gasteiger partial charge in [-0.2, -0.15) is 0 Å². The van der Waals surface area contributed by atoms with Crippen molar-refractivity contribution in [3.8, 4) is 0 Å². The van der Waals surface area contributed by atoms with Gasteiger partial charge in [-0.1, -0.05) is 0 Å². The fraction of sp³-hybridized carbons (Fsp3) is 0.750. The molecular weight excluding hydrogens is 174 g/mol. The summed E-state index contributed by atoms with van der Waals surface area (Å²) in [5.74, 6) is -2.19. The van der Waals surface area contributed by atoms with Crippen LogP contribution in [-0.4, -0.2) is 48.7 Å². The van der Waals surface area contributed by atoms with Crippen molar-refractivity contribution in [1.29, 1.82) is 0 Å². The lowest BCUT2D eigenvalue weighted by atomic mass is 10.1. The zero-order valence-corrected chi connectivity index (χ0v) is 8.11. The first-order chi connectivity index (χ1) is 5.75. The van der Waals surface area contributed by atoms with Crippen molar-refractivity contribution < 1.29 is 24.3 Å². The number of aliphatic carboxylic acids is 2. The highest BCUT2D eigenvalue weighted by atomic mass is 16.4. The first kappa shape index (κ1) is 11.9. The van der Waals surface area contributed by atoms with E-state index in [2.05, 4.69) is 0 Å². The van der Waals surface area contributed by atoms with Crippen molar-refractivity contribution in [3.05, 3.63) is 0 Å². The highest BCUT2D eigenvalue weighted by Gasteiger charge is 2.25. The third-order valence-electron chi connectivity index (χ3n) is 1.84. The van der Waals surface area contributed by atoms with E-state index < -0.39 is 18.0 Å². The summed E-state index contributed by atoms with van der Waals surface area (Å²) < 4.78 is 0.176. The molecule has 0 saturated heterocycles. The van der Waals surface area contributed by atoms with Crippen molar-refractivity contribution in [2.75, 3.05) is 21.1 Å². The molecule has 0 spiro atoms. The van der Waals surface area contributed by atoms with Crippen molar-refractivity contribution in [1.82, 2.24) is 0 Å². The van der Waals surface area contributed by atoms with Crippen LogP contribution in [0.3, 0.4) is 0 Å². The number of carboxylic acid groups (broad SMARTS) is 2. The molecule has 0 aliphatic rings. The van der Waals surface area contributed by atoms with Crippen LogP contribution in [0.4, 0.5) is 0 Å². The van der Waals surface area contributed by atoms with Crippen LogP contribution in [0.1, 0.15) is 12.8 Å². The van der Waals surface area contributed by atoms with Crippen molar-refractivity contribution >= 4 is 11.9 Å². The largest absolute Gasteiger partial charge is 0.544 e. The van der Waals surface area contributed by atoms with Gasteiger partial charge in [0.2, 0.25) is 0 Å². The highest BCUT2D eigenvalue weighted by molar-refractivity contribution is 5.72. The van der Waals surface area contributed by atoms with Gasteiger partial charge in [0.15, 0.2) is 0 Å². The van der Waals surface area contributed by atoms with E-state index in [1.54, 1.807) is 21.1 Å². The summed E-state index contributed by atoms with van der Waals surface area (Å²) >= 11 is 0. The van der Waals surface area contributed by atoms with Gasteiger partial charge in [-0.15, -0.1) is 0 Å². The number of carbonyl (C=O) groups is 2. The van der Waals surface area contributed by atoms with Gasteiger partial charge in [0, 0.05) is 6.42 Å². The number of carboxylic acids is 2. The van der Waals surface area contributed by atoms with Gasteiger partial charge in [-0.05, 0) is 0 Å². The number of carbonyl (C=O) groups excluding carboxylic acids is 1. The molecule has 5 nitrogen and oxygen atoms in total. The maximum absolute atomic E-state index is 10.6. The summed E-state index contributed by atoms with van der Waals surface area (Å²) in [6.45, 7) is 0. The van der Waals surface area contributed by atoms with E-state index >= 15 is 0 Å². The van der Waals surface area contributed by atoms with Gasteiger partial charge < -0.3 is 19.5 Å². The van der Waals surface area contributed by atoms with Crippen LogP contribution in [0.15, 0.2) is 0 Å². The van der Waals surface area contributed by atoms with Gasteiger partial charge in [0.25, 0.3) is 0 Å². The summed E-state index contributed by atoms with van der Waals surface area (Å²) in [7, 11) is 5.09. The highest BCUT2D eigenvalue weighted by Crippen LogP contribution is 2.09. The zero-order valence-electron chi connectivity index (χ0n) is 8.11. The van der Waals surface area contributed by atoms with E-state index in [9.17, 15) is 14.7 Å². The van der Waals surface area contributed by atoms with E-state index in [-0.39, 0.29) is 17.3 Å². The Morgan fingerprint density at radius 3 is 2.08 bits per heavy atom. The summed E-state index contributed by atoms with van der Waals surface area (Å²) in [6, 6.07) is -0.768. The van der Waals surface area contributed by atoms with Gasteiger partial charge in [-0.3, -0.25) is 4.79 Å². The van der Waals surface area contributed by atoms with Crippen LogP contribution < -0.4 is 5.11 Å². The van der Waals surface area contributed by atoms with E-state index in [1.807, 2.05) is 0 Å². The Morgan fingerprint density at radius 1 is 1.38 bits per heavy atom. The molecule has 0 amide bonds. The first-order valence-electron chi connectivity index (χ1n) is 3.99. The molecule has 0 fully saturated rings. The first-order valence-corrected chi connectivity index (χ1v) is 3.99. The third-order valence-corrected chi connectivity index (χ3v) is 1.84. The van der Waals surface area contributed by atoms with Crippen LogP contribution in [-0.2, 0) is 9.59 Å². The van der Waals surface area contributed by atoms with Gasteiger partial charge in [0.1, 0.15) is 6.04 Å². The zero-order chi connectivity index (χ0) is 10.6. The number of hydrogen-bond acceptors (Lipinski definition) is 3. The normalized spacial score (nSPS) is 13.8. The Labute approximate surface area is 77.2 Å². The van der Waals surface area contributed by atoms with E-state index in [0.717, 1.165) is 0 Å². The Bertz CT molecular complexity index is 207. The molecular formula is C8H15NO4. The third kappa shape index (κ3) is 4.47. The van der Waals surface area contributed by atoms with Gasteiger partial charge in [0.05, 0.1) is 33.5 Å². The number of quaternary nitrogens is 1. The topological polar surface area (TPSA) is 77.4 Å². The molecule has 1 atom stereocenters. The average molecular weight is 189 g/mol. The predicted molar refractivity (Wildman–Crippen MR) is 43.7 cm³/mol. The molecule has 0 heterocycles. The smallest absolute Gasteiger partial charge is 0.303 e. The summed E-state index contributed by atoms with van der Waals surface area (Å²) in [6.07, 6.45) is -0.0463. The minimum Gasteiger partial charge on any atom is -0.544 e. The lowest BCUT2D eigenvalue weighted by Crippen LogP contribution is -2.54. The molecule has 0 aromatic heterocycles. The molecule has 1 N–H and O–H groups in total. The summed E-state index contributed by atoms with van der Waals surface area (Å²) in [5.41, 5.74) is 0. The Hall–Kier alpha value is -1.10. The standard InChI is InChI=1S/C8H15NO4/c1-9(2,3)6(8(12)13)4-5-7(10)11/h6H,4-5H2,1-3H3,(H-,10,11,12,13). The number of nitrogens with zero attached hydrogens (tertiary/aromatic N) is 1. The SMILES string of the molecule is C[N+](C)(C)C(CCC(=O)O)C(=O)[O-]. The van der Waals surface area contributed by atoms with Crippen LogP contribution >= 0.6 is 0 Å². The second kappa shape index (κ2) is 4.23. The van der Waals surface area contributed by atoms with Crippen LogP contribution in [0.5, 0.6) is 0 Å². The minimum absolute atomic E-state index is 0.0984. The van der Waals surface area contributed by atoms with Crippen LogP contribution in [0.25, 0.3) is 0 Å². The second-order valence-corrected chi connectivity index (χ2v) is 3.88. The van der Waals surface area contributed by atoms with Crippen molar-refractivity contribution in [3.63, 3.8) is 0 Å². The van der Waals surface area contributed by atoms with E-state index in [0.29, 0.717) is 0 Å². The number of rotatable bonds is 5. The molecule has 0 aromatic rings. The Kier molecular flexibility index (Phi) is 3.87. The molecule has 0 aliphatic carbocycles. The van der Waals surface area contributed by atoms with Gasteiger partial charge in [-0.25, -0.2) is 0 Å². The monoisotopic (exact) mass is 189 g/mol. The van der Waals surface area contributed by atoms with E-state index in [4.69, 9.17) is 5.11 Å². The van der Waals surface area contributed by atoms with Crippen molar-refractivity contribution in [2.45, 2.75) is 18.9 Å². The average Bonchev–Trinajstić information content (AvgIpc) is 1.81. The second-order valence-electron chi connectivity index (χ2n) is 3.88. The van der Waals surface area contributed by atoms with Crippen molar-refractivity contribution in [2.24, 2.45) is 0 Å². The lowest BCUT2D eigenvalue weighted by Gasteiger charge is -2.34. The van der Waals surface area contributed by atoms with Crippen LogP contribution in [0.2, 0.25) is 0 Å². The predicted octanol–water partition coefficient (Wildman–Crippen LogP) is -1.32. The quantitative estimate of drug-likeness (QED) is 0.544. The Morgan fingerprint density at radius 2 is 1.85 bits per heavy atom. The summed E-state index contributed by atoms with van der Waals surface area (Å²) in [5, 5.41) is 19.0. The minimum atomic E-state index is -1.20. The number of likely N-dealkylation sites (N-methyl/N-ethyl adjacent to an activating group) is 1. The maximum atomic E-state index is 10.6. The maximum Gasteiger partial charge on any atom is 0.303 e. The molecule has 0 saturated carbocycles. The Balaban J connectivity index is 4.28. The summed E-state index contributed by atoms with van der Waals surface area (Å²) in [4.78, 5) is 20.9. The molecule has 13 heavy (non-hydrogen) atoms. The lowest BCUT2D eigenvalue weighted by molar-refractivity contribution is -0.889. The molecule has 0 rings (SSSR count). The molecule has 76 valence electrons.